The number of hydrogen-bond acceptors (Lipinski definition) is 8. The first-order valence-electron chi connectivity index (χ1n) is 6.21. The molecule has 8 nitrogen and oxygen atoms in total. The molecular weight excluding hydrogens is 288 g/mol. The molecule has 3 N–H and O–H groups in total. The Bertz CT molecular complexity index is 927. The molecule has 0 aliphatic heterocycles. The zero-order valence-electron chi connectivity index (χ0n) is 10.8. The molecule has 3 aromatic heterocycles. The summed E-state index contributed by atoms with van der Waals surface area (Å²) in [5, 5.41) is 11.0. The molecule has 104 valence electrons. The van der Waals surface area contributed by atoms with E-state index in [1.165, 1.54) is 18.1 Å². The van der Waals surface area contributed by atoms with Gasteiger partial charge in [-0.15, -0.1) is 10.2 Å². The molecule has 3 heterocycles. The molecule has 0 atom stereocenters. The fourth-order valence-corrected chi connectivity index (χ4v) is 2.59. The van der Waals surface area contributed by atoms with Gasteiger partial charge < -0.3 is 11.1 Å². The van der Waals surface area contributed by atoms with E-state index in [4.69, 9.17) is 5.73 Å². The molecule has 9 heteroatoms. The molecule has 0 amide bonds. The summed E-state index contributed by atoms with van der Waals surface area (Å²) >= 11 is 1.21. The number of anilines is 2. The first kappa shape index (κ1) is 12.0. The van der Waals surface area contributed by atoms with Crippen LogP contribution in [-0.4, -0.2) is 28.3 Å². The number of fused-ring (bicyclic) bond motifs is 2. The SMILES string of the molecule is Nc1nc(NCc2ccc3nsnc3c2)cc2nncn12. The van der Waals surface area contributed by atoms with E-state index < -0.39 is 0 Å². The molecule has 0 unspecified atom stereocenters. The Kier molecular flexibility index (Phi) is 2.64. The summed E-state index contributed by atoms with van der Waals surface area (Å²) in [6.45, 7) is 0.615. The van der Waals surface area contributed by atoms with Crippen LogP contribution in [0.2, 0.25) is 0 Å². The third-order valence-electron chi connectivity index (χ3n) is 3.11. The van der Waals surface area contributed by atoms with Crippen LogP contribution >= 0.6 is 11.7 Å². The van der Waals surface area contributed by atoms with E-state index in [-0.39, 0.29) is 0 Å². The van der Waals surface area contributed by atoms with E-state index >= 15 is 0 Å². The Morgan fingerprint density at radius 2 is 2.10 bits per heavy atom. The Hall–Kier alpha value is -2.81. The van der Waals surface area contributed by atoms with Crippen LogP contribution in [0.25, 0.3) is 16.7 Å². The van der Waals surface area contributed by atoms with E-state index in [1.807, 2.05) is 18.2 Å². The zero-order chi connectivity index (χ0) is 14.2. The van der Waals surface area contributed by atoms with Gasteiger partial charge in [-0.05, 0) is 17.7 Å². The smallest absolute Gasteiger partial charge is 0.209 e. The fraction of sp³-hybridized carbons (Fsp3) is 0.0833. The minimum absolute atomic E-state index is 0.346. The van der Waals surface area contributed by atoms with Crippen LogP contribution in [0.4, 0.5) is 11.8 Å². The predicted octanol–water partition coefficient (Wildman–Crippen LogP) is 1.32. The van der Waals surface area contributed by atoms with Gasteiger partial charge >= 0.3 is 0 Å². The number of hydrogen-bond donors (Lipinski definition) is 2. The molecule has 0 saturated carbocycles. The highest BCUT2D eigenvalue weighted by molar-refractivity contribution is 7.00. The van der Waals surface area contributed by atoms with Gasteiger partial charge in [-0.25, -0.2) is 0 Å². The summed E-state index contributed by atoms with van der Waals surface area (Å²) in [5.41, 5.74) is 9.41. The second kappa shape index (κ2) is 4.63. The maximum Gasteiger partial charge on any atom is 0.209 e. The van der Waals surface area contributed by atoms with E-state index in [2.05, 4.69) is 29.2 Å². The number of rotatable bonds is 3. The van der Waals surface area contributed by atoms with Gasteiger partial charge in [0.2, 0.25) is 5.95 Å². The lowest BCUT2D eigenvalue weighted by Crippen LogP contribution is -2.06. The normalized spacial score (nSPS) is 11.2. The number of aromatic nitrogens is 6. The molecule has 0 aliphatic carbocycles. The highest BCUT2D eigenvalue weighted by Gasteiger charge is 2.05. The van der Waals surface area contributed by atoms with Crippen LogP contribution in [0.3, 0.4) is 0 Å². The second-order valence-corrected chi connectivity index (χ2v) is 5.03. The van der Waals surface area contributed by atoms with Gasteiger partial charge in [-0.1, -0.05) is 6.07 Å². The summed E-state index contributed by atoms with van der Waals surface area (Å²) in [4.78, 5) is 4.26. The predicted molar refractivity (Wildman–Crippen MR) is 79.9 cm³/mol. The molecule has 0 radical (unpaired) electrons. The van der Waals surface area contributed by atoms with Crippen molar-refractivity contribution in [2.75, 3.05) is 11.1 Å². The summed E-state index contributed by atoms with van der Waals surface area (Å²) in [6.07, 6.45) is 1.53. The molecule has 4 rings (SSSR count). The largest absolute Gasteiger partial charge is 0.369 e. The van der Waals surface area contributed by atoms with Gasteiger partial charge in [0.05, 0.1) is 11.7 Å². The molecular formula is C12H10N8S. The van der Waals surface area contributed by atoms with Gasteiger partial charge in [0, 0.05) is 12.6 Å². The highest BCUT2D eigenvalue weighted by atomic mass is 32.1. The van der Waals surface area contributed by atoms with Crippen molar-refractivity contribution in [3.63, 3.8) is 0 Å². The van der Waals surface area contributed by atoms with E-state index in [0.717, 1.165) is 16.6 Å². The third kappa shape index (κ3) is 2.13. The van der Waals surface area contributed by atoms with Crippen LogP contribution in [0.15, 0.2) is 30.6 Å². The number of nitrogen functional groups attached to an aromatic ring is 1. The van der Waals surface area contributed by atoms with Crippen LogP contribution in [0, 0.1) is 0 Å². The lowest BCUT2D eigenvalue weighted by atomic mass is 10.2. The third-order valence-corrected chi connectivity index (χ3v) is 3.67. The molecule has 1 aromatic carbocycles. The monoisotopic (exact) mass is 298 g/mol. The second-order valence-electron chi connectivity index (χ2n) is 4.50. The number of nitrogens with zero attached hydrogens (tertiary/aromatic N) is 6. The van der Waals surface area contributed by atoms with Crippen molar-refractivity contribution >= 4 is 40.2 Å². The van der Waals surface area contributed by atoms with Crippen LogP contribution < -0.4 is 11.1 Å². The maximum absolute atomic E-state index is 5.85. The Morgan fingerprint density at radius 1 is 1.19 bits per heavy atom. The molecule has 0 aliphatic rings. The van der Waals surface area contributed by atoms with Gasteiger partial charge in [0.15, 0.2) is 5.65 Å². The number of nitrogens with two attached hydrogens (primary N) is 1. The van der Waals surface area contributed by atoms with Crippen molar-refractivity contribution in [2.45, 2.75) is 6.54 Å². The minimum Gasteiger partial charge on any atom is -0.369 e. The van der Waals surface area contributed by atoms with Crippen molar-refractivity contribution in [1.29, 1.82) is 0 Å². The van der Waals surface area contributed by atoms with Gasteiger partial charge in [0.1, 0.15) is 23.2 Å². The van der Waals surface area contributed by atoms with E-state index in [0.29, 0.717) is 24.0 Å². The summed E-state index contributed by atoms with van der Waals surface area (Å²) < 4.78 is 10.0. The van der Waals surface area contributed by atoms with Crippen molar-refractivity contribution in [2.24, 2.45) is 0 Å². The topological polar surface area (TPSA) is 107 Å². The Morgan fingerprint density at radius 3 is 3.05 bits per heavy atom. The Labute approximate surface area is 123 Å². The molecule has 21 heavy (non-hydrogen) atoms. The van der Waals surface area contributed by atoms with Crippen molar-refractivity contribution in [1.82, 2.24) is 28.3 Å². The van der Waals surface area contributed by atoms with Crippen LogP contribution in [0.5, 0.6) is 0 Å². The average molecular weight is 298 g/mol. The van der Waals surface area contributed by atoms with Gasteiger partial charge in [-0.3, -0.25) is 4.40 Å². The summed E-state index contributed by atoms with van der Waals surface area (Å²) in [5.74, 6) is 1.00. The lowest BCUT2D eigenvalue weighted by Gasteiger charge is -2.07. The lowest BCUT2D eigenvalue weighted by molar-refractivity contribution is 1.06. The standard InChI is InChI=1S/C12H10N8S/c13-12-16-10(4-11-17-15-6-20(11)12)14-5-7-1-2-8-9(3-7)19-21-18-8/h1-4,6,14H,5H2,(H2,13,16). The van der Waals surface area contributed by atoms with Crippen molar-refractivity contribution in [3.05, 3.63) is 36.2 Å². The fourth-order valence-electron chi connectivity index (χ4n) is 2.07. The highest BCUT2D eigenvalue weighted by Crippen LogP contribution is 2.16. The first-order chi connectivity index (χ1) is 10.3. The number of benzene rings is 1. The zero-order valence-corrected chi connectivity index (χ0v) is 11.6. The minimum atomic E-state index is 0.346. The molecule has 0 saturated heterocycles. The van der Waals surface area contributed by atoms with Crippen LogP contribution in [0.1, 0.15) is 5.56 Å². The molecule has 0 fully saturated rings. The molecule has 4 aromatic rings. The number of nitrogens with one attached hydrogen (secondary N) is 1. The Balaban J connectivity index is 1.59. The quantitative estimate of drug-likeness (QED) is 0.587. The van der Waals surface area contributed by atoms with Gasteiger partial charge in [0.25, 0.3) is 0 Å². The summed E-state index contributed by atoms with van der Waals surface area (Å²) in [6, 6.07) is 7.77. The average Bonchev–Trinajstić information content (AvgIpc) is 3.13. The molecule has 0 bridgehead atoms. The van der Waals surface area contributed by atoms with E-state index in [1.54, 1.807) is 10.5 Å². The first-order valence-corrected chi connectivity index (χ1v) is 6.94. The van der Waals surface area contributed by atoms with Gasteiger partial charge in [-0.2, -0.15) is 13.7 Å². The van der Waals surface area contributed by atoms with E-state index in [9.17, 15) is 0 Å². The van der Waals surface area contributed by atoms with Crippen molar-refractivity contribution in [3.8, 4) is 0 Å². The maximum atomic E-state index is 5.85. The molecule has 0 spiro atoms. The summed E-state index contributed by atoms with van der Waals surface area (Å²) in [7, 11) is 0. The van der Waals surface area contributed by atoms with Crippen molar-refractivity contribution < 1.29 is 0 Å². The van der Waals surface area contributed by atoms with Crippen LogP contribution in [-0.2, 0) is 6.54 Å².